The molecule has 0 heterocycles. The monoisotopic (exact) mass is 148 g/mol. The maximum Gasteiger partial charge on any atom is 0.206 e. The Bertz CT molecular complexity index is 104. The summed E-state index contributed by atoms with van der Waals surface area (Å²) < 4.78 is 12.7. The first-order chi connectivity index (χ1) is 4.64. The summed E-state index contributed by atoms with van der Waals surface area (Å²) in [6.07, 6.45) is 1.56. The maximum atomic E-state index is 12.7. The van der Waals surface area contributed by atoms with Crippen LogP contribution >= 0.6 is 0 Å². The molecule has 0 spiro atoms. The predicted molar refractivity (Wildman–Crippen MR) is 35.1 cm³/mol. The summed E-state index contributed by atoms with van der Waals surface area (Å²) in [6, 6.07) is 0. The minimum Gasteiger partial charge on any atom is -0.396 e. The lowest BCUT2D eigenvalue weighted by atomic mass is 9.87. The molecule has 60 valence electrons. The highest BCUT2D eigenvalue weighted by Crippen LogP contribution is 2.32. The van der Waals surface area contributed by atoms with Gasteiger partial charge in [0.05, 0.1) is 0 Å². The Balaban J connectivity index is 2.31. The van der Waals surface area contributed by atoms with Crippen LogP contribution < -0.4 is 0 Å². The fraction of sp³-hybridized carbons (Fsp3) is 1.00. The second kappa shape index (κ2) is 2.84. The molecular formula is C7H13FO2. The summed E-state index contributed by atoms with van der Waals surface area (Å²) in [6.45, 7) is 0.121. The van der Waals surface area contributed by atoms with Gasteiger partial charge in [-0.3, -0.25) is 0 Å². The Morgan fingerprint density at radius 3 is 2.30 bits per heavy atom. The number of aliphatic hydroxyl groups excluding tert-OH is 1. The highest BCUT2D eigenvalue weighted by Gasteiger charge is 2.32. The molecular weight excluding hydrogens is 135 g/mol. The molecule has 0 aromatic carbocycles. The first kappa shape index (κ1) is 7.95. The van der Waals surface area contributed by atoms with Crippen molar-refractivity contribution in [3.05, 3.63) is 0 Å². The number of alkyl halides is 1. The molecule has 2 nitrogen and oxygen atoms in total. The van der Waals surface area contributed by atoms with E-state index in [0.717, 1.165) is 0 Å². The van der Waals surface area contributed by atoms with Crippen molar-refractivity contribution in [2.45, 2.75) is 31.5 Å². The van der Waals surface area contributed by atoms with Gasteiger partial charge in [-0.2, -0.15) is 0 Å². The second-order valence-electron chi connectivity index (χ2n) is 3.04. The zero-order valence-corrected chi connectivity index (χ0v) is 5.89. The Hall–Kier alpha value is -0.150. The van der Waals surface area contributed by atoms with Gasteiger partial charge in [0.25, 0.3) is 0 Å². The van der Waals surface area contributed by atoms with E-state index in [1.807, 2.05) is 0 Å². The topological polar surface area (TPSA) is 40.5 Å². The molecule has 1 saturated carbocycles. The van der Waals surface area contributed by atoms with E-state index in [0.29, 0.717) is 12.8 Å². The summed E-state index contributed by atoms with van der Waals surface area (Å²) in [7, 11) is 0. The number of hydrogen-bond donors (Lipinski definition) is 2. The normalized spacial score (nSPS) is 41.7. The van der Waals surface area contributed by atoms with Gasteiger partial charge in [-0.05, 0) is 18.8 Å². The summed E-state index contributed by atoms with van der Waals surface area (Å²) in [5.41, 5.74) is 0. The minimum atomic E-state index is -1.95. The molecule has 0 radical (unpaired) electrons. The van der Waals surface area contributed by atoms with Crippen LogP contribution in [0.3, 0.4) is 0 Å². The highest BCUT2D eigenvalue weighted by molar-refractivity contribution is 4.76. The molecule has 1 aliphatic rings. The van der Waals surface area contributed by atoms with Gasteiger partial charge in [0.1, 0.15) is 0 Å². The molecule has 1 rings (SSSR count). The molecule has 10 heavy (non-hydrogen) atoms. The van der Waals surface area contributed by atoms with Crippen LogP contribution in [0.25, 0.3) is 0 Å². The van der Waals surface area contributed by atoms with E-state index < -0.39 is 5.85 Å². The van der Waals surface area contributed by atoms with Crippen molar-refractivity contribution in [1.82, 2.24) is 0 Å². The van der Waals surface area contributed by atoms with Crippen LogP contribution in [-0.4, -0.2) is 22.7 Å². The van der Waals surface area contributed by atoms with E-state index in [1.54, 1.807) is 0 Å². The van der Waals surface area contributed by atoms with Crippen molar-refractivity contribution in [2.75, 3.05) is 6.61 Å². The molecule has 1 aliphatic carbocycles. The molecule has 0 atom stereocenters. The highest BCUT2D eigenvalue weighted by atomic mass is 19.2. The number of hydrogen-bond acceptors (Lipinski definition) is 2. The third-order valence-electron chi connectivity index (χ3n) is 2.13. The maximum absolute atomic E-state index is 12.7. The van der Waals surface area contributed by atoms with Gasteiger partial charge in [0, 0.05) is 19.4 Å². The van der Waals surface area contributed by atoms with Crippen molar-refractivity contribution in [3.8, 4) is 0 Å². The fourth-order valence-corrected chi connectivity index (χ4v) is 1.30. The van der Waals surface area contributed by atoms with E-state index in [-0.39, 0.29) is 25.4 Å². The summed E-state index contributed by atoms with van der Waals surface area (Å²) in [4.78, 5) is 0. The van der Waals surface area contributed by atoms with Crippen molar-refractivity contribution in [3.63, 3.8) is 0 Å². The molecule has 0 unspecified atom stereocenters. The lowest BCUT2D eigenvalue weighted by Crippen LogP contribution is -2.29. The van der Waals surface area contributed by atoms with Crippen LogP contribution in [0.5, 0.6) is 0 Å². The molecule has 3 heteroatoms. The SMILES string of the molecule is OCC1CCC(O)(F)CC1. The van der Waals surface area contributed by atoms with E-state index in [9.17, 15) is 4.39 Å². The number of halogens is 1. The van der Waals surface area contributed by atoms with Crippen LogP contribution in [0, 0.1) is 5.92 Å². The minimum absolute atomic E-state index is 0.121. The smallest absolute Gasteiger partial charge is 0.206 e. The number of rotatable bonds is 1. The Kier molecular flexibility index (Phi) is 2.26. The summed E-state index contributed by atoms with van der Waals surface area (Å²) >= 11 is 0. The molecule has 0 aromatic heterocycles. The zero-order chi connectivity index (χ0) is 7.61. The zero-order valence-electron chi connectivity index (χ0n) is 5.89. The van der Waals surface area contributed by atoms with Crippen LogP contribution in [0.2, 0.25) is 0 Å². The average molecular weight is 148 g/mol. The molecule has 2 N–H and O–H groups in total. The fourth-order valence-electron chi connectivity index (χ4n) is 1.30. The number of aliphatic hydroxyl groups is 2. The first-order valence-electron chi connectivity index (χ1n) is 3.66. The molecule has 1 fully saturated rings. The standard InChI is InChI=1S/C7H13FO2/c8-7(10)3-1-6(5-9)2-4-7/h6,9-10H,1-5H2. The Morgan fingerprint density at radius 2 is 1.90 bits per heavy atom. The van der Waals surface area contributed by atoms with E-state index >= 15 is 0 Å². The van der Waals surface area contributed by atoms with Gasteiger partial charge in [-0.1, -0.05) is 0 Å². The lowest BCUT2D eigenvalue weighted by molar-refractivity contribution is -0.124. The van der Waals surface area contributed by atoms with E-state index in [1.165, 1.54) is 0 Å². The van der Waals surface area contributed by atoms with Gasteiger partial charge >= 0.3 is 0 Å². The van der Waals surface area contributed by atoms with Crippen molar-refractivity contribution >= 4 is 0 Å². The molecule has 0 saturated heterocycles. The lowest BCUT2D eigenvalue weighted by Gasteiger charge is -2.28. The Morgan fingerprint density at radius 1 is 1.40 bits per heavy atom. The van der Waals surface area contributed by atoms with Gasteiger partial charge in [0.15, 0.2) is 0 Å². The van der Waals surface area contributed by atoms with Crippen LogP contribution in [0.1, 0.15) is 25.7 Å². The third-order valence-corrected chi connectivity index (χ3v) is 2.13. The quantitative estimate of drug-likeness (QED) is 0.578. The van der Waals surface area contributed by atoms with Gasteiger partial charge in [-0.15, -0.1) is 0 Å². The second-order valence-corrected chi connectivity index (χ2v) is 3.04. The Labute approximate surface area is 59.7 Å². The van der Waals surface area contributed by atoms with Gasteiger partial charge in [0.2, 0.25) is 5.85 Å². The summed E-state index contributed by atoms with van der Waals surface area (Å²) in [5, 5.41) is 17.5. The van der Waals surface area contributed by atoms with E-state index in [4.69, 9.17) is 10.2 Å². The van der Waals surface area contributed by atoms with Crippen LogP contribution in [-0.2, 0) is 0 Å². The largest absolute Gasteiger partial charge is 0.396 e. The molecule has 0 aliphatic heterocycles. The van der Waals surface area contributed by atoms with Crippen molar-refractivity contribution in [2.24, 2.45) is 5.92 Å². The summed E-state index contributed by atoms with van der Waals surface area (Å²) in [5.74, 6) is -1.75. The van der Waals surface area contributed by atoms with Crippen LogP contribution in [0.15, 0.2) is 0 Å². The molecule has 0 amide bonds. The molecule has 0 aromatic rings. The molecule has 0 bridgehead atoms. The van der Waals surface area contributed by atoms with E-state index in [2.05, 4.69) is 0 Å². The van der Waals surface area contributed by atoms with Gasteiger partial charge < -0.3 is 10.2 Å². The predicted octanol–water partition coefficient (Wildman–Crippen LogP) is 0.827. The van der Waals surface area contributed by atoms with Gasteiger partial charge in [-0.25, -0.2) is 4.39 Å². The third kappa shape index (κ3) is 1.92. The average Bonchev–Trinajstić information content (AvgIpc) is 1.88. The van der Waals surface area contributed by atoms with Crippen LogP contribution in [0.4, 0.5) is 4.39 Å². The van der Waals surface area contributed by atoms with Crippen molar-refractivity contribution in [1.29, 1.82) is 0 Å². The first-order valence-corrected chi connectivity index (χ1v) is 3.66. The van der Waals surface area contributed by atoms with Crippen molar-refractivity contribution < 1.29 is 14.6 Å².